The predicted octanol–water partition coefficient (Wildman–Crippen LogP) is 3.61. The Morgan fingerprint density at radius 1 is 0.882 bits per heavy atom. The normalized spacial score (nSPS) is 14.4. The molecule has 0 bridgehead atoms. The van der Waals surface area contributed by atoms with E-state index in [9.17, 15) is 27.9 Å². The molecule has 3 amide bonds. The summed E-state index contributed by atoms with van der Waals surface area (Å²) >= 11 is 0. The van der Waals surface area contributed by atoms with Gasteiger partial charge in [-0.15, -0.1) is 0 Å². The van der Waals surface area contributed by atoms with Gasteiger partial charge in [0.05, 0.1) is 17.0 Å². The number of carbonyl (C=O) groups is 3. The first-order chi connectivity index (χ1) is 24.1. The fraction of sp³-hybridized carbons (Fsp3) is 0.432. The first-order valence-corrected chi connectivity index (χ1v) is 18.2. The van der Waals surface area contributed by atoms with Crippen LogP contribution in [0.3, 0.4) is 0 Å². The monoisotopic (exact) mass is 724 g/mol. The van der Waals surface area contributed by atoms with Crippen LogP contribution in [0.5, 0.6) is 11.5 Å². The van der Waals surface area contributed by atoms with Crippen LogP contribution in [0.25, 0.3) is 0 Å². The van der Waals surface area contributed by atoms with Crippen molar-refractivity contribution in [3.63, 3.8) is 0 Å². The van der Waals surface area contributed by atoms with Crippen LogP contribution in [-0.4, -0.2) is 80.4 Å². The van der Waals surface area contributed by atoms with Gasteiger partial charge in [-0.1, -0.05) is 95.3 Å². The summed E-state index contributed by atoms with van der Waals surface area (Å²) in [6.45, 7) is 8.39. The molecule has 0 unspecified atom stereocenters. The Labute approximate surface area is 299 Å². The average molecular weight is 725 g/mol. The number of hydrogen-bond acceptors (Lipinski definition) is 9. The van der Waals surface area contributed by atoms with Crippen LogP contribution < -0.4 is 25.4 Å². The smallest absolute Gasteiger partial charge is 0.407 e. The van der Waals surface area contributed by atoms with Gasteiger partial charge in [-0.2, -0.15) is 4.31 Å². The highest BCUT2D eigenvalue weighted by Crippen LogP contribution is 2.35. The molecule has 13 nitrogen and oxygen atoms in total. The topological polar surface area (TPSA) is 173 Å². The largest absolute Gasteiger partial charge is 0.454 e. The van der Waals surface area contributed by atoms with E-state index in [0.29, 0.717) is 11.5 Å². The van der Waals surface area contributed by atoms with E-state index in [1.807, 2.05) is 62.4 Å². The van der Waals surface area contributed by atoms with E-state index in [0.717, 1.165) is 11.1 Å². The molecule has 276 valence electrons. The summed E-state index contributed by atoms with van der Waals surface area (Å²) in [5, 5.41) is 19.7. The van der Waals surface area contributed by atoms with E-state index in [4.69, 9.17) is 14.2 Å². The van der Waals surface area contributed by atoms with Crippen molar-refractivity contribution in [3.8, 4) is 11.5 Å². The molecule has 4 N–H and O–H groups in total. The molecule has 3 aromatic carbocycles. The Bertz CT molecular complexity index is 1730. The minimum absolute atomic E-state index is 0.0120. The van der Waals surface area contributed by atoms with E-state index in [1.54, 1.807) is 32.9 Å². The third-order valence-corrected chi connectivity index (χ3v) is 9.90. The summed E-state index contributed by atoms with van der Waals surface area (Å²) in [6, 6.07) is 20.6. The molecule has 0 aromatic heterocycles. The van der Waals surface area contributed by atoms with Crippen LogP contribution in [-0.2, 0) is 37.4 Å². The van der Waals surface area contributed by atoms with Crippen molar-refractivity contribution in [1.29, 1.82) is 0 Å². The number of fused-ring (bicyclic) bond motifs is 1. The van der Waals surface area contributed by atoms with Crippen LogP contribution in [0.2, 0.25) is 0 Å². The van der Waals surface area contributed by atoms with Crippen molar-refractivity contribution in [2.24, 2.45) is 11.3 Å². The van der Waals surface area contributed by atoms with E-state index in [2.05, 4.69) is 16.0 Å². The Balaban J connectivity index is 1.48. The lowest BCUT2D eigenvalue weighted by Crippen LogP contribution is -2.59. The lowest BCUT2D eigenvalue weighted by Gasteiger charge is -2.34. The number of nitrogens with zero attached hydrogens (tertiary/aromatic N) is 1. The molecule has 1 aliphatic rings. The maximum atomic E-state index is 13.9. The van der Waals surface area contributed by atoms with Crippen LogP contribution in [0.15, 0.2) is 83.8 Å². The number of carbonyl (C=O) groups excluding carboxylic acids is 3. The van der Waals surface area contributed by atoms with E-state index in [-0.39, 0.29) is 43.7 Å². The van der Waals surface area contributed by atoms with Gasteiger partial charge in [-0.25, -0.2) is 13.2 Å². The van der Waals surface area contributed by atoms with Gasteiger partial charge in [0, 0.05) is 19.2 Å². The lowest BCUT2D eigenvalue weighted by atomic mass is 9.85. The fourth-order valence-electron chi connectivity index (χ4n) is 5.43. The highest BCUT2D eigenvalue weighted by Gasteiger charge is 2.37. The number of nitrogens with one attached hydrogen (secondary N) is 3. The SMILES string of the molecule is CC(C)CN(C[C@@H](O)[C@H](Cc1ccccc1)NC(=O)[C@@H](NC(=O)CNC(=O)OCc1ccccc1)C(C)(C)C)S(=O)(=O)c1ccc2c(c1)OCO2. The van der Waals surface area contributed by atoms with E-state index in [1.165, 1.54) is 22.5 Å². The summed E-state index contributed by atoms with van der Waals surface area (Å²) in [5.41, 5.74) is 0.791. The molecule has 0 spiro atoms. The number of hydrogen-bond donors (Lipinski definition) is 4. The summed E-state index contributed by atoms with van der Waals surface area (Å²) in [7, 11) is -4.11. The molecule has 14 heteroatoms. The fourth-order valence-corrected chi connectivity index (χ4v) is 7.07. The predicted molar refractivity (Wildman–Crippen MR) is 190 cm³/mol. The molecular weight excluding hydrogens is 676 g/mol. The van der Waals surface area contributed by atoms with E-state index >= 15 is 0 Å². The van der Waals surface area contributed by atoms with Crippen molar-refractivity contribution in [2.75, 3.05) is 26.4 Å². The van der Waals surface area contributed by atoms with Gasteiger partial charge in [0.15, 0.2) is 11.5 Å². The van der Waals surface area contributed by atoms with Gasteiger partial charge in [0.2, 0.25) is 28.6 Å². The Morgan fingerprint density at radius 3 is 2.14 bits per heavy atom. The quantitative estimate of drug-likeness (QED) is 0.172. The number of benzene rings is 3. The minimum atomic E-state index is -4.11. The second-order valence-electron chi connectivity index (χ2n) is 13.9. The lowest BCUT2D eigenvalue weighted by molar-refractivity contribution is -0.132. The minimum Gasteiger partial charge on any atom is -0.454 e. The number of alkyl carbamates (subject to hydrolysis) is 1. The van der Waals surface area contributed by atoms with Crippen LogP contribution in [0.1, 0.15) is 45.7 Å². The second kappa shape index (κ2) is 17.5. The molecule has 0 radical (unpaired) electrons. The number of ether oxygens (including phenoxy) is 3. The molecule has 4 rings (SSSR count). The Morgan fingerprint density at radius 2 is 1.51 bits per heavy atom. The van der Waals surface area contributed by atoms with Crippen LogP contribution in [0.4, 0.5) is 4.79 Å². The first kappa shape index (κ1) is 39.1. The molecule has 0 fully saturated rings. The molecule has 1 aliphatic heterocycles. The zero-order valence-electron chi connectivity index (χ0n) is 29.6. The third kappa shape index (κ3) is 11.4. The third-order valence-electron chi connectivity index (χ3n) is 8.07. The maximum Gasteiger partial charge on any atom is 0.407 e. The van der Waals surface area contributed by atoms with Crippen LogP contribution in [0, 0.1) is 11.3 Å². The maximum absolute atomic E-state index is 13.9. The first-order valence-electron chi connectivity index (χ1n) is 16.8. The van der Waals surface area contributed by atoms with Gasteiger partial charge in [0.25, 0.3) is 0 Å². The molecule has 3 atom stereocenters. The van der Waals surface area contributed by atoms with Gasteiger partial charge in [0.1, 0.15) is 19.2 Å². The van der Waals surface area contributed by atoms with Crippen molar-refractivity contribution in [3.05, 3.63) is 90.0 Å². The molecule has 0 aliphatic carbocycles. The highest BCUT2D eigenvalue weighted by atomic mass is 32.2. The summed E-state index contributed by atoms with van der Waals surface area (Å²) < 4.78 is 45.0. The molecule has 3 aromatic rings. The van der Waals surface area contributed by atoms with Crippen molar-refractivity contribution >= 4 is 27.9 Å². The van der Waals surface area contributed by atoms with Gasteiger partial charge in [-0.05, 0) is 41.0 Å². The standard InChI is InChI=1S/C37H48N4O9S/c1-25(2)21-41(51(46,47)28-16-17-31-32(19-28)50-24-49-31)22-30(42)29(18-26-12-8-6-9-13-26)39-35(44)34(37(3,4)5)40-33(43)20-38-36(45)48-23-27-14-10-7-11-15-27/h6-17,19,25,29-30,34,42H,18,20-24H2,1-5H3,(H,38,45)(H,39,44)(H,40,43)/t29-,30+,34+/m0/s1. The highest BCUT2D eigenvalue weighted by molar-refractivity contribution is 7.89. The Kier molecular flexibility index (Phi) is 13.4. The van der Waals surface area contributed by atoms with Crippen molar-refractivity contribution in [1.82, 2.24) is 20.3 Å². The van der Waals surface area contributed by atoms with Crippen molar-refractivity contribution in [2.45, 2.75) is 70.7 Å². The van der Waals surface area contributed by atoms with Crippen molar-refractivity contribution < 1.29 is 42.1 Å². The molecule has 0 saturated carbocycles. The summed E-state index contributed by atoms with van der Waals surface area (Å²) in [5.74, 6) is -0.552. The van der Waals surface area contributed by atoms with Gasteiger partial charge < -0.3 is 35.3 Å². The Hall–Kier alpha value is -4.66. The molecule has 1 heterocycles. The number of amides is 3. The van der Waals surface area contributed by atoms with Crippen LogP contribution >= 0.6 is 0 Å². The summed E-state index contributed by atoms with van der Waals surface area (Å²) in [6.07, 6.45) is -1.97. The average Bonchev–Trinajstić information content (AvgIpc) is 3.56. The van der Waals surface area contributed by atoms with Gasteiger partial charge >= 0.3 is 6.09 Å². The summed E-state index contributed by atoms with van der Waals surface area (Å²) in [4.78, 5) is 39.1. The zero-order chi connectivity index (χ0) is 37.2. The number of rotatable bonds is 16. The number of aliphatic hydroxyl groups excluding tert-OH is 1. The molecule has 0 saturated heterocycles. The number of aliphatic hydroxyl groups is 1. The number of sulfonamides is 1. The molecular formula is C37H48N4O9S. The molecule has 51 heavy (non-hydrogen) atoms. The zero-order valence-corrected chi connectivity index (χ0v) is 30.4. The second-order valence-corrected chi connectivity index (χ2v) is 15.8. The van der Waals surface area contributed by atoms with Gasteiger partial charge in [-0.3, -0.25) is 9.59 Å². The van der Waals surface area contributed by atoms with E-state index < -0.39 is 58.1 Å².